The molecule has 1 aromatic rings. The predicted molar refractivity (Wildman–Crippen MR) is 147 cm³/mol. The Balaban J connectivity index is 0.000000239. The lowest BCUT2D eigenvalue weighted by molar-refractivity contribution is 0.1000. The molecule has 0 saturated carbocycles. The Morgan fingerprint density at radius 3 is 2.53 bits per heavy atom. The molecule has 194 valence electrons. The maximum absolute atomic E-state index is 13.0. The first-order valence-corrected chi connectivity index (χ1v) is 12.7. The lowest BCUT2D eigenvalue weighted by Crippen LogP contribution is -2.49. The van der Waals surface area contributed by atoms with Gasteiger partial charge in [0, 0.05) is 44.2 Å². The highest BCUT2D eigenvalue weighted by Crippen LogP contribution is 2.16. The molecule has 0 radical (unpaired) electrons. The lowest BCUT2D eigenvalue weighted by atomic mass is 10.0. The summed E-state index contributed by atoms with van der Waals surface area (Å²) in [5.41, 5.74) is 9.24. The number of halogens is 1. The first kappa shape index (κ1) is 29.0. The first-order chi connectivity index (χ1) is 17.4. The van der Waals surface area contributed by atoms with E-state index in [1.165, 1.54) is 11.6 Å². The molecule has 2 aliphatic carbocycles. The number of nitrogens with two attached hydrogens (primary N) is 1. The van der Waals surface area contributed by atoms with Crippen molar-refractivity contribution >= 4 is 5.91 Å². The van der Waals surface area contributed by atoms with E-state index in [4.69, 9.17) is 5.73 Å². The number of hydrogen-bond donors (Lipinski definition) is 3. The van der Waals surface area contributed by atoms with Gasteiger partial charge in [-0.25, -0.2) is 4.39 Å². The van der Waals surface area contributed by atoms with Crippen LogP contribution in [0, 0.1) is 0 Å². The first-order valence-electron chi connectivity index (χ1n) is 12.7. The normalized spacial score (nSPS) is 19.6. The number of nitrogens with zero attached hydrogens (tertiary/aromatic N) is 1. The van der Waals surface area contributed by atoms with E-state index in [1.807, 2.05) is 50.3 Å². The summed E-state index contributed by atoms with van der Waals surface area (Å²) >= 11 is 0. The summed E-state index contributed by atoms with van der Waals surface area (Å²) in [6, 6.07) is 7.81. The van der Waals surface area contributed by atoms with Crippen molar-refractivity contribution < 1.29 is 14.3 Å². The number of aliphatic hydroxyl groups is 1. The maximum Gasteiger partial charge on any atom is 0.248 e. The van der Waals surface area contributed by atoms with Gasteiger partial charge in [0.2, 0.25) is 5.91 Å². The summed E-state index contributed by atoms with van der Waals surface area (Å²) < 4.78 is 13.0. The Morgan fingerprint density at radius 1 is 1.11 bits per heavy atom. The van der Waals surface area contributed by atoms with E-state index < -0.39 is 5.91 Å². The summed E-state index contributed by atoms with van der Waals surface area (Å²) in [7, 11) is 0. The van der Waals surface area contributed by atoms with Gasteiger partial charge in [-0.2, -0.15) is 0 Å². The lowest BCUT2D eigenvalue weighted by Gasteiger charge is -2.32. The number of benzene rings is 1. The van der Waals surface area contributed by atoms with E-state index in [-0.39, 0.29) is 5.83 Å². The number of primary amides is 1. The van der Waals surface area contributed by atoms with Crippen LogP contribution in [0.25, 0.3) is 0 Å². The van der Waals surface area contributed by atoms with Gasteiger partial charge in [-0.15, -0.1) is 0 Å². The van der Waals surface area contributed by atoms with Crippen LogP contribution in [-0.4, -0.2) is 48.1 Å². The van der Waals surface area contributed by atoms with Crippen LogP contribution in [0.2, 0.25) is 0 Å². The molecule has 4 rings (SSSR count). The van der Waals surface area contributed by atoms with Crippen LogP contribution in [0.15, 0.2) is 95.6 Å². The molecule has 1 fully saturated rings. The van der Waals surface area contributed by atoms with E-state index in [9.17, 15) is 14.3 Å². The SMILES string of the molecule is CC.C[C@H]1CN(CC2=CC=CC(F)=CC2)CCN1.NC(=O)c1ccc(CC2=CCC(O)=CC=C2)cc1. The number of nitrogens with one attached hydrogen (secondary N) is 1. The molecule has 6 heteroatoms. The van der Waals surface area contributed by atoms with Crippen LogP contribution in [0.5, 0.6) is 0 Å². The molecule has 1 aliphatic heterocycles. The van der Waals surface area contributed by atoms with Gasteiger partial charge in [0.05, 0.1) is 5.76 Å². The second kappa shape index (κ2) is 15.7. The van der Waals surface area contributed by atoms with Crippen molar-refractivity contribution in [3.8, 4) is 0 Å². The number of aliphatic hydroxyl groups excluding tert-OH is 1. The number of amides is 1. The van der Waals surface area contributed by atoms with Gasteiger partial charge in [0.15, 0.2) is 0 Å². The smallest absolute Gasteiger partial charge is 0.248 e. The monoisotopic (exact) mass is 493 g/mol. The highest BCUT2D eigenvalue weighted by molar-refractivity contribution is 5.92. The minimum absolute atomic E-state index is 0.125. The van der Waals surface area contributed by atoms with Gasteiger partial charge < -0.3 is 16.2 Å². The molecular weight excluding hydrogens is 453 g/mol. The van der Waals surface area contributed by atoms with Gasteiger partial charge in [0.1, 0.15) is 5.83 Å². The van der Waals surface area contributed by atoms with Gasteiger partial charge in [0.25, 0.3) is 0 Å². The number of rotatable bonds is 5. The average Bonchev–Trinajstić information content (AvgIpc) is 3.20. The van der Waals surface area contributed by atoms with E-state index in [0.717, 1.165) is 50.2 Å². The summed E-state index contributed by atoms with van der Waals surface area (Å²) in [5.74, 6) is -0.172. The molecule has 0 unspecified atom stereocenters. The van der Waals surface area contributed by atoms with E-state index in [2.05, 4.69) is 17.1 Å². The average molecular weight is 494 g/mol. The molecule has 1 heterocycles. The van der Waals surface area contributed by atoms with Crippen LogP contribution >= 0.6 is 0 Å². The van der Waals surface area contributed by atoms with Gasteiger partial charge >= 0.3 is 0 Å². The molecule has 4 N–H and O–H groups in total. The fourth-order valence-electron chi connectivity index (χ4n) is 4.01. The zero-order valence-electron chi connectivity index (χ0n) is 21.7. The summed E-state index contributed by atoms with van der Waals surface area (Å²) in [6.45, 7) is 10.4. The summed E-state index contributed by atoms with van der Waals surface area (Å²) in [6.07, 6.45) is 16.6. The van der Waals surface area contributed by atoms with Gasteiger partial charge in [-0.05, 0) is 61.3 Å². The Labute approximate surface area is 215 Å². The second-order valence-electron chi connectivity index (χ2n) is 8.81. The Kier molecular flexibility index (Phi) is 12.7. The largest absolute Gasteiger partial charge is 0.512 e. The van der Waals surface area contributed by atoms with Gasteiger partial charge in [-0.3, -0.25) is 9.69 Å². The standard InChI is InChI=1S/C15H15NO2.C13H19FN2.C2H6/c16-15(18)13-7-4-12(5-8-13)10-11-2-1-3-14(17)9-6-11;1-11-9-16(8-7-15-11)10-12-3-2-4-13(14)6-5-12;1-2/h1-8,17H,9-10H2,(H2,16,18);2-4,6,11,15H,5,7-10H2,1H3;1-2H3/t;11-;/m.0./s1. The van der Waals surface area contributed by atoms with Crippen LogP contribution in [0.1, 0.15) is 49.5 Å². The minimum Gasteiger partial charge on any atom is -0.512 e. The van der Waals surface area contributed by atoms with Crippen molar-refractivity contribution in [2.75, 3.05) is 26.2 Å². The number of allylic oxidation sites excluding steroid dienone is 10. The molecule has 1 atom stereocenters. The third-order valence-corrected chi connectivity index (χ3v) is 5.85. The molecular formula is C30H40FN3O2. The molecule has 0 spiro atoms. The fraction of sp³-hybridized carbons (Fsp3) is 0.367. The van der Waals surface area contributed by atoms with Crippen LogP contribution in [0.3, 0.4) is 0 Å². The van der Waals surface area contributed by atoms with Crippen LogP contribution in [-0.2, 0) is 6.42 Å². The molecule has 5 nitrogen and oxygen atoms in total. The zero-order chi connectivity index (χ0) is 26.3. The number of carbonyl (C=O) groups excluding carboxylic acids is 1. The molecule has 1 saturated heterocycles. The fourth-order valence-corrected chi connectivity index (χ4v) is 4.01. The van der Waals surface area contributed by atoms with E-state index in [0.29, 0.717) is 23.8 Å². The third kappa shape index (κ3) is 10.6. The van der Waals surface area contributed by atoms with Crippen molar-refractivity contribution in [1.82, 2.24) is 10.2 Å². The number of hydrogen-bond acceptors (Lipinski definition) is 4. The summed E-state index contributed by atoms with van der Waals surface area (Å²) in [5, 5.41) is 12.8. The van der Waals surface area contributed by atoms with Crippen LogP contribution < -0.4 is 11.1 Å². The molecule has 1 amide bonds. The van der Waals surface area contributed by atoms with Crippen molar-refractivity contribution in [2.45, 2.75) is 46.1 Å². The van der Waals surface area contributed by atoms with Gasteiger partial charge in [-0.1, -0.05) is 61.9 Å². The molecule has 3 aliphatic rings. The Bertz CT molecular complexity index is 1030. The van der Waals surface area contributed by atoms with Crippen molar-refractivity contribution in [1.29, 1.82) is 0 Å². The second-order valence-corrected chi connectivity index (χ2v) is 8.81. The van der Waals surface area contributed by atoms with Crippen molar-refractivity contribution in [2.24, 2.45) is 5.73 Å². The van der Waals surface area contributed by atoms with E-state index in [1.54, 1.807) is 30.4 Å². The third-order valence-electron chi connectivity index (χ3n) is 5.85. The Morgan fingerprint density at radius 2 is 1.83 bits per heavy atom. The number of carbonyl (C=O) groups is 1. The van der Waals surface area contributed by atoms with E-state index >= 15 is 0 Å². The highest BCUT2D eigenvalue weighted by atomic mass is 19.1. The predicted octanol–water partition coefficient (Wildman–Crippen LogP) is 5.70. The molecule has 0 bridgehead atoms. The quantitative estimate of drug-likeness (QED) is 0.492. The minimum atomic E-state index is -0.413. The summed E-state index contributed by atoms with van der Waals surface area (Å²) in [4.78, 5) is 13.4. The molecule has 0 aromatic heterocycles. The number of piperazine rings is 1. The maximum atomic E-state index is 13.0. The molecule has 1 aromatic carbocycles. The highest BCUT2D eigenvalue weighted by Gasteiger charge is 2.16. The van der Waals surface area contributed by atoms with Crippen molar-refractivity contribution in [3.05, 3.63) is 107 Å². The molecule has 36 heavy (non-hydrogen) atoms. The van der Waals surface area contributed by atoms with Crippen LogP contribution in [0.4, 0.5) is 4.39 Å². The van der Waals surface area contributed by atoms with Crippen molar-refractivity contribution in [3.63, 3.8) is 0 Å². The zero-order valence-corrected chi connectivity index (χ0v) is 21.7. The topological polar surface area (TPSA) is 78.6 Å². The Hall–Kier alpha value is -3.22.